The van der Waals surface area contributed by atoms with Crippen molar-refractivity contribution in [1.29, 1.82) is 0 Å². The second kappa shape index (κ2) is 8.51. The number of amides is 2. The summed E-state index contributed by atoms with van der Waals surface area (Å²) in [7, 11) is -4.02. The van der Waals surface area contributed by atoms with E-state index in [1.54, 1.807) is 0 Å². The summed E-state index contributed by atoms with van der Waals surface area (Å²) in [5, 5.41) is 13.9. The van der Waals surface area contributed by atoms with Crippen LogP contribution >= 0.6 is 0 Å². The number of carbonyl (C=O) groups excluding carboxylic acids is 1. The summed E-state index contributed by atoms with van der Waals surface area (Å²) in [6.07, 6.45) is -3.07. The van der Waals surface area contributed by atoms with Gasteiger partial charge >= 0.3 is 18.2 Å². The third-order valence-corrected chi connectivity index (χ3v) is 6.44. The number of anilines is 2. The van der Waals surface area contributed by atoms with Crippen LogP contribution in [-0.2, 0) is 21.0 Å². The van der Waals surface area contributed by atoms with Crippen molar-refractivity contribution < 1.29 is 36.3 Å². The van der Waals surface area contributed by atoms with E-state index in [-0.39, 0.29) is 29.2 Å². The number of aromatic nitrogens is 1. The molecule has 13 heteroatoms. The van der Waals surface area contributed by atoms with Crippen molar-refractivity contribution in [1.82, 2.24) is 9.29 Å². The molecule has 9 nitrogen and oxygen atoms in total. The van der Waals surface area contributed by atoms with Crippen LogP contribution in [0.5, 0.6) is 0 Å². The first-order chi connectivity index (χ1) is 14.5. The molecule has 0 saturated carbocycles. The van der Waals surface area contributed by atoms with Crippen molar-refractivity contribution in [3.8, 4) is 0 Å². The van der Waals surface area contributed by atoms with E-state index in [1.165, 1.54) is 24.3 Å². The van der Waals surface area contributed by atoms with E-state index >= 15 is 0 Å². The number of carboxylic acid groups (broad SMARTS) is 1. The van der Waals surface area contributed by atoms with Crippen molar-refractivity contribution in [2.75, 3.05) is 17.2 Å². The van der Waals surface area contributed by atoms with Gasteiger partial charge in [0.05, 0.1) is 16.8 Å². The third kappa shape index (κ3) is 5.11. The summed E-state index contributed by atoms with van der Waals surface area (Å²) in [6.45, 7) is 0.100. The lowest BCUT2D eigenvalue weighted by atomic mass is 10.2. The van der Waals surface area contributed by atoms with Crippen LogP contribution in [-0.4, -0.2) is 47.4 Å². The molecule has 0 unspecified atom stereocenters. The van der Waals surface area contributed by atoms with Crippen LogP contribution in [0.25, 0.3) is 0 Å². The van der Waals surface area contributed by atoms with Crippen LogP contribution < -0.4 is 10.6 Å². The van der Waals surface area contributed by atoms with E-state index in [1.807, 2.05) is 0 Å². The van der Waals surface area contributed by atoms with E-state index in [9.17, 15) is 36.3 Å². The van der Waals surface area contributed by atoms with Gasteiger partial charge in [-0.25, -0.2) is 18.2 Å². The van der Waals surface area contributed by atoms with E-state index in [0.717, 1.165) is 22.6 Å². The Morgan fingerprint density at radius 3 is 2.23 bits per heavy atom. The molecule has 0 aliphatic carbocycles. The molecule has 1 saturated heterocycles. The Kier molecular flexibility index (Phi) is 6.18. The normalized spacial score (nSPS) is 17.3. The molecule has 31 heavy (non-hydrogen) atoms. The van der Waals surface area contributed by atoms with Gasteiger partial charge in [0.2, 0.25) is 10.0 Å². The monoisotopic (exact) mass is 458 g/mol. The molecule has 2 amide bonds. The maximum Gasteiger partial charge on any atom is 0.433 e. The Morgan fingerprint density at radius 1 is 1.06 bits per heavy atom. The molecule has 166 valence electrons. The molecule has 0 radical (unpaired) electrons. The van der Waals surface area contributed by atoms with Gasteiger partial charge in [0, 0.05) is 12.2 Å². The fourth-order valence-electron chi connectivity index (χ4n) is 3.05. The third-order valence-electron chi connectivity index (χ3n) is 4.52. The zero-order chi connectivity index (χ0) is 22.8. The molecule has 0 bridgehead atoms. The molecule has 1 aliphatic rings. The minimum absolute atomic E-state index is 0.0263. The standard InChI is InChI=1S/C18H17F3N4O5S/c19-18(20,21)15-8-5-12(10-22-15)24-17(28)23-11-3-6-13(7-4-11)31(29,30)25-9-1-2-14(25)16(26)27/h3-8,10,14H,1-2,9H2,(H,26,27)(H2,23,24,28)/t14-/m0/s1. The zero-order valence-corrected chi connectivity index (χ0v) is 16.6. The van der Waals surface area contributed by atoms with Gasteiger partial charge in [-0.15, -0.1) is 0 Å². The largest absolute Gasteiger partial charge is 0.480 e. The topological polar surface area (TPSA) is 129 Å². The van der Waals surface area contributed by atoms with Gasteiger partial charge in [-0.2, -0.15) is 17.5 Å². The number of hydrogen-bond acceptors (Lipinski definition) is 5. The number of pyridine rings is 1. The average molecular weight is 458 g/mol. The lowest BCUT2D eigenvalue weighted by Gasteiger charge is -2.21. The van der Waals surface area contributed by atoms with Crippen LogP contribution in [0.15, 0.2) is 47.5 Å². The number of benzene rings is 1. The second-order valence-corrected chi connectivity index (χ2v) is 8.54. The van der Waals surface area contributed by atoms with Gasteiger partial charge in [0.1, 0.15) is 11.7 Å². The number of urea groups is 1. The van der Waals surface area contributed by atoms with Gasteiger partial charge < -0.3 is 15.7 Å². The van der Waals surface area contributed by atoms with E-state index < -0.39 is 39.9 Å². The highest BCUT2D eigenvalue weighted by molar-refractivity contribution is 7.89. The number of nitrogens with one attached hydrogen (secondary N) is 2. The number of carbonyl (C=O) groups is 2. The number of halogens is 3. The van der Waals surface area contributed by atoms with E-state index in [4.69, 9.17) is 0 Å². The Morgan fingerprint density at radius 2 is 1.68 bits per heavy atom. The van der Waals surface area contributed by atoms with Gasteiger partial charge in [-0.3, -0.25) is 4.79 Å². The quantitative estimate of drug-likeness (QED) is 0.632. The maximum atomic E-state index is 12.7. The van der Waals surface area contributed by atoms with Crippen LogP contribution in [0.2, 0.25) is 0 Å². The van der Waals surface area contributed by atoms with E-state index in [2.05, 4.69) is 15.6 Å². The molecule has 0 spiro atoms. The molecule has 1 fully saturated rings. The minimum atomic E-state index is -4.59. The summed E-state index contributed by atoms with van der Waals surface area (Å²) in [6, 6.07) is 4.93. The average Bonchev–Trinajstić information content (AvgIpc) is 3.19. The number of carboxylic acids is 1. The summed E-state index contributed by atoms with van der Waals surface area (Å²) < 4.78 is 63.9. The fraction of sp³-hybridized carbons (Fsp3) is 0.278. The molecule has 2 heterocycles. The van der Waals surface area contributed by atoms with Gasteiger partial charge in [0.15, 0.2) is 0 Å². The van der Waals surface area contributed by atoms with Crippen molar-refractivity contribution in [2.24, 2.45) is 0 Å². The van der Waals surface area contributed by atoms with E-state index in [0.29, 0.717) is 6.42 Å². The number of rotatable bonds is 5. The minimum Gasteiger partial charge on any atom is -0.480 e. The van der Waals surface area contributed by atoms with Crippen LogP contribution in [0, 0.1) is 0 Å². The van der Waals surface area contributed by atoms with Crippen molar-refractivity contribution in [3.63, 3.8) is 0 Å². The molecule has 1 aromatic carbocycles. The maximum absolute atomic E-state index is 12.7. The molecule has 1 atom stereocenters. The summed E-state index contributed by atoms with van der Waals surface area (Å²) in [5.41, 5.74) is -0.857. The smallest absolute Gasteiger partial charge is 0.433 e. The number of hydrogen-bond donors (Lipinski definition) is 3. The molecule has 3 N–H and O–H groups in total. The molecule has 1 aliphatic heterocycles. The Hall–Kier alpha value is -3.19. The van der Waals surface area contributed by atoms with Crippen LogP contribution in [0.3, 0.4) is 0 Å². The number of sulfonamides is 1. The van der Waals surface area contributed by atoms with Crippen molar-refractivity contribution >= 4 is 33.4 Å². The highest BCUT2D eigenvalue weighted by atomic mass is 32.2. The summed E-state index contributed by atoms with van der Waals surface area (Å²) in [4.78, 5) is 26.4. The molecule has 2 aromatic rings. The molecular formula is C18H17F3N4O5S. The van der Waals surface area contributed by atoms with Gasteiger partial charge in [-0.05, 0) is 49.2 Å². The lowest BCUT2D eigenvalue weighted by molar-refractivity contribution is -0.141. The highest BCUT2D eigenvalue weighted by Gasteiger charge is 2.39. The summed E-state index contributed by atoms with van der Waals surface area (Å²) in [5.74, 6) is -1.21. The Labute approximate surface area is 174 Å². The predicted molar refractivity (Wildman–Crippen MR) is 103 cm³/mol. The molecule has 1 aromatic heterocycles. The van der Waals surface area contributed by atoms with Crippen molar-refractivity contribution in [2.45, 2.75) is 30.0 Å². The van der Waals surface area contributed by atoms with Gasteiger partial charge in [0.25, 0.3) is 0 Å². The lowest BCUT2D eigenvalue weighted by Crippen LogP contribution is -2.40. The van der Waals surface area contributed by atoms with Gasteiger partial charge in [-0.1, -0.05) is 0 Å². The van der Waals surface area contributed by atoms with Crippen LogP contribution in [0.4, 0.5) is 29.3 Å². The Bertz CT molecular complexity index is 1070. The fourth-order valence-corrected chi connectivity index (χ4v) is 4.70. The van der Waals surface area contributed by atoms with Crippen molar-refractivity contribution in [3.05, 3.63) is 48.3 Å². The molecule has 3 rings (SSSR count). The first-order valence-corrected chi connectivity index (χ1v) is 10.4. The number of aliphatic carboxylic acids is 1. The molecular weight excluding hydrogens is 441 g/mol. The zero-order valence-electron chi connectivity index (χ0n) is 15.8. The number of alkyl halides is 3. The van der Waals surface area contributed by atoms with Crippen LogP contribution in [0.1, 0.15) is 18.5 Å². The highest BCUT2D eigenvalue weighted by Crippen LogP contribution is 2.28. The first-order valence-electron chi connectivity index (χ1n) is 8.94. The SMILES string of the molecule is O=C(Nc1ccc(S(=O)(=O)N2CCC[C@H]2C(=O)O)cc1)Nc1ccc(C(F)(F)F)nc1. The first kappa shape index (κ1) is 22.5. The Balaban J connectivity index is 1.65. The number of nitrogens with zero attached hydrogens (tertiary/aromatic N) is 2. The summed E-state index contributed by atoms with van der Waals surface area (Å²) >= 11 is 0. The second-order valence-electron chi connectivity index (χ2n) is 6.65. The predicted octanol–water partition coefficient (Wildman–Crippen LogP) is 2.98.